The smallest absolute Gasteiger partial charge is 0.313 e. The Hall–Kier alpha value is -2.16. The number of carbonyl (C=O) groups is 1. The standard InChI is InChI=1S/C23H29NO2/c1-2-3-4-5-6-12-19-14-10-17-22(19)24-26-23(25)21-16-9-13-18-11-7-8-15-20(18)21/h7-9,11,13,15-16,19H,2-6,10,12,14,17H2,1H3. The van der Waals surface area contributed by atoms with E-state index in [-0.39, 0.29) is 5.97 Å². The van der Waals surface area contributed by atoms with Gasteiger partial charge in [-0.2, -0.15) is 0 Å². The fourth-order valence-electron chi connectivity index (χ4n) is 3.88. The largest absolute Gasteiger partial charge is 0.366 e. The molecular formula is C23H29NO2. The van der Waals surface area contributed by atoms with E-state index in [0.29, 0.717) is 11.5 Å². The van der Waals surface area contributed by atoms with E-state index in [4.69, 9.17) is 4.84 Å². The Labute approximate surface area is 156 Å². The maximum atomic E-state index is 12.5. The average molecular weight is 351 g/mol. The molecule has 1 atom stereocenters. The molecule has 0 bridgehead atoms. The number of nitrogens with zero attached hydrogens (tertiary/aromatic N) is 1. The molecule has 2 aromatic rings. The monoisotopic (exact) mass is 351 g/mol. The molecule has 0 N–H and O–H groups in total. The zero-order chi connectivity index (χ0) is 18.2. The van der Waals surface area contributed by atoms with Crippen molar-refractivity contribution >= 4 is 22.5 Å². The summed E-state index contributed by atoms with van der Waals surface area (Å²) in [6, 6.07) is 13.6. The molecule has 2 aromatic carbocycles. The molecule has 0 saturated heterocycles. The first-order chi connectivity index (χ1) is 12.8. The van der Waals surface area contributed by atoms with Gasteiger partial charge in [-0.15, -0.1) is 0 Å². The molecule has 0 aromatic heterocycles. The number of benzene rings is 2. The average Bonchev–Trinajstić information content (AvgIpc) is 3.13. The lowest BCUT2D eigenvalue weighted by Gasteiger charge is -2.10. The van der Waals surface area contributed by atoms with Crippen LogP contribution in [0, 0.1) is 5.92 Å². The van der Waals surface area contributed by atoms with Crippen LogP contribution in [0.5, 0.6) is 0 Å². The molecule has 3 nitrogen and oxygen atoms in total. The van der Waals surface area contributed by atoms with Crippen LogP contribution in [-0.4, -0.2) is 11.7 Å². The SMILES string of the molecule is CCCCCCCC1CCCC1=NOC(=O)c1cccc2ccccc12. The van der Waals surface area contributed by atoms with E-state index in [9.17, 15) is 4.79 Å². The van der Waals surface area contributed by atoms with Crippen molar-refractivity contribution in [2.24, 2.45) is 11.1 Å². The van der Waals surface area contributed by atoms with E-state index in [2.05, 4.69) is 12.1 Å². The van der Waals surface area contributed by atoms with Gasteiger partial charge < -0.3 is 4.84 Å². The molecule has 1 unspecified atom stereocenters. The fraction of sp³-hybridized carbons (Fsp3) is 0.478. The van der Waals surface area contributed by atoms with Crippen LogP contribution in [0.3, 0.4) is 0 Å². The first-order valence-electron chi connectivity index (χ1n) is 10.1. The number of unbranched alkanes of at least 4 members (excludes halogenated alkanes) is 4. The van der Waals surface area contributed by atoms with Crippen LogP contribution >= 0.6 is 0 Å². The highest BCUT2D eigenvalue weighted by atomic mass is 16.7. The third-order valence-corrected chi connectivity index (χ3v) is 5.37. The van der Waals surface area contributed by atoms with Crippen molar-refractivity contribution in [1.82, 2.24) is 0 Å². The second kappa shape index (κ2) is 9.51. The van der Waals surface area contributed by atoms with Gasteiger partial charge in [-0.3, -0.25) is 0 Å². The highest BCUT2D eigenvalue weighted by Crippen LogP contribution is 2.28. The van der Waals surface area contributed by atoms with Crippen LogP contribution < -0.4 is 0 Å². The summed E-state index contributed by atoms with van der Waals surface area (Å²) < 4.78 is 0. The zero-order valence-electron chi connectivity index (χ0n) is 15.7. The summed E-state index contributed by atoms with van der Waals surface area (Å²) in [5, 5.41) is 6.23. The van der Waals surface area contributed by atoms with E-state index in [1.54, 1.807) is 0 Å². The van der Waals surface area contributed by atoms with Crippen molar-refractivity contribution < 1.29 is 9.63 Å². The molecule has 1 fully saturated rings. The van der Waals surface area contributed by atoms with Gasteiger partial charge in [-0.25, -0.2) is 4.79 Å². The number of hydrogen-bond donors (Lipinski definition) is 0. The Balaban J connectivity index is 1.60. The van der Waals surface area contributed by atoms with Crippen LogP contribution in [0.2, 0.25) is 0 Å². The molecular weight excluding hydrogens is 322 g/mol. The van der Waals surface area contributed by atoms with E-state index < -0.39 is 0 Å². The van der Waals surface area contributed by atoms with Crippen molar-refractivity contribution in [1.29, 1.82) is 0 Å². The van der Waals surface area contributed by atoms with E-state index >= 15 is 0 Å². The van der Waals surface area contributed by atoms with Crippen molar-refractivity contribution in [2.45, 2.75) is 64.7 Å². The maximum absolute atomic E-state index is 12.5. The normalized spacial score (nSPS) is 18.5. The Kier molecular flexibility index (Phi) is 6.82. The van der Waals surface area contributed by atoms with Crippen molar-refractivity contribution in [3.8, 4) is 0 Å². The molecule has 1 aliphatic carbocycles. The molecule has 0 radical (unpaired) electrons. The van der Waals surface area contributed by atoms with Crippen LogP contribution in [0.15, 0.2) is 47.6 Å². The third kappa shape index (κ3) is 4.72. The molecule has 0 aliphatic heterocycles. The molecule has 0 heterocycles. The minimum absolute atomic E-state index is 0.358. The van der Waals surface area contributed by atoms with Crippen molar-refractivity contribution in [3.63, 3.8) is 0 Å². The molecule has 26 heavy (non-hydrogen) atoms. The molecule has 138 valence electrons. The van der Waals surface area contributed by atoms with E-state index in [1.807, 2.05) is 42.5 Å². The molecule has 0 amide bonds. The van der Waals surface area contributed by atoms with Gasteiger partial charge in [-0.1, -0.05) is 80.6 Å². The first-order valence-corrected chi connectivity index (χ1v) is 10.1. The van der Waals surface area contributed by atoms with Gasteiger partial charge in [0.25, 0.3) is 0 Å². The van der Waals surface area contributed by atoms with Crippen LogP contribution in [0.25, 0.3) is 10.8 Å². The highest BCUT2D eigenvalue weighted by Gasteiger charge is 2.23. The lowest BCUT2D eigenvalue weighted by Crippen LogP contribution is -2.10. The molecule has 1 aliphatic rings. The van der Waals surface area contributed by atoms with Gasteiger partial charge in [0.05, 0.1) is 11.3 Å². The minimum Gasteiger partial charge on any atom is -0.313 e. The summed E-state index contributed by atoms with van der Waals surface area (Å²) in [6.45, 7) is 2.24. The number of hydrogen-bond acceptors (Lipinski definition) is 3. The molecule has 0 spiro atoms. The Morgan fingerprint density at radius 1 is 1.08 bits per heavy atom. The van der Waals surface area contributed by atoms with Crippen LogP contribution in [0.1, 0.15) is 75.1 Å². The summed E-state index contributed by atoms with van der Waals surface area (Å²) >= 11 is 0. The lowest BCUT2D eigenvalue weighted by atomic mass is 9.98. The summed E-state index contributed by atoms with van der Waals surface area (Å²) in [7, 11) is 0. The van der Waals surface area contributed by atoms with Gasteiger partial charge in [-0.05, 0) is 42.5 Å². The Morgan fingerprint density at radius 2 is 1.88 bits per heavy atom. The Bertz CT molecular complexity index is 760. The third-order valence-electron chi connectivity index (χ3n) is 5.37. The predicted molar refractivity (Wildman–Crippen MR) is 108 cm³/mol. The summed E-state index contributed by atoms with van der Waals surface area (Å²) in [4.78, 5) is 17.9. The van der Waals surface area contributed by atoms with Gasteiger partial charge in [0.2, 0.25) is 0 Å². The van der Waals surface area contributed by atoms with Gasteiger partial charge in [0.15, 0.2) is 0 Å². The van der Waals surface area contributed by atoms with E-state index in [0.717, 1.165) is 29.3 Å². The predicted octanol–water partition coefficient (Wildman–Crippen LogP) is 6.51. The van der Waals surface area contributed by atoms with Gasteiger partial charge in [0, 0.05) is 5.92 Å². The molecule has 3 rings (SSSR count). The van der Waals surface area contributed by atoms with Gasteiger partial charge >= 0.3 is 5.97 Å². The number of fused-ring (bicyclic) bond motifs is 1. The topological polar surface area (TPSA) is 38.7 Å². The summed E-state index contributed by atoms with van der Waals surface area (Å²) in [6.07, 6.45) is 11.0. The lowest BCUT2D eigenvalue weighted by molar-refractivity contribution is 0.0516. The van der Waals surface area contributed by atoms with Crippen molar-refractivity contribution in [3.05, 3.63) is 48.0 Å². The number of carbonyl (C=O) groups excluding carboxylic acids is 1. The quantitative estimate of drug-likeness (QED) is 0.309. The fourth-order valence-corrected chi connectivity index (χ4v) is 3.88. The molecule has 3 heteroatoms. The number of rotatable bonds is 8. The zero-order valence-corrected chi connectivity index (χ0v) is 15.7. The van der Waals surface area contributed by atoms with E-state index in [1.165, 1.54) is 44.9 Å². The van der Waals surface area contributed by atoms with Gasteiger partial charge in [0.1, 0.15) is 0 Å². The maximum Gasteiger partial charge on any atom is 0.366 e. The summed E-state index contributed by atoms with van der Waals surface area (Å²) in [5.41, 5.74) is 1.66. The van der Waals surface area contributed by atoms with Crippen LogP contribution in [0.4, 0.5) is 0 Å². The Morgan fingerprint density at radius 3 is 2.77 bits per heavy atom. The van der Waals surface area contributed by atoms with Crippen LogP contribution in [-0.2, 0) is 4.84 Å². The first kappa shape index (κ1) is 18.6. The second-order valence-corrected chi connectivity index (χ2v) is 7.28. The number of oxime groups is 1. The minimum atomic E-state index is -0.358. The molecule has 1 saturated carbocycles. The second-order valence-electron chi connectivity index (χ2n) is 7.28. The highest BCUT2D eigenvalue weighted by molar-refractivity contribution is 6.04. The van der Waals surface area contributed by atoms with Crippen molar-refractivity contribution in [2.75, 3.05) is 0 Å². The summed E-state index contributed by atoms with van der Waals surface area (Å²) in [5.74, 6) is 0.139.